The van der Waals surface area contributed by atoms with Gasteiger partial charge in [0, 0.05) is 17.5 Å². The fourth-order valence-electron chi connectivity index (χ4n) is 3.36. The summed E-state index contributed by atoms with van der Waals surface area (Å²) >= 11 is 0. The standard InChI is InChI=1S/C15H28N2O2/c16-15(11-18)9-7-12(8-10-15)14(19)17-13-5-3-1-2-4-6-13/h12-13,18H,1-11,16H2,(H,17,19). The number of hydrogen-bond acceptors (Lipinski definition) is 3. The van der Waals surface area contributed by atoms with Gasteiger partial charge in [0.05, 0.1) is 6.61 Å². The summed E-state index contributed by atoms with van der Waals surface area (Å²) in [6.07, 6.45) is 10.5. The molecule has 2 fully saturated rings. The van der Waals surface area contributed by atoms with Gasteiger partial charge in [-0.25, -0.2) is 0 Å². The number of aliphatic hydroxyl groups excluding tert-OH is 1. The van der Waals surface area contributed by atoms with E-state index in [0.717, 1.165) is 38.5 Å². The summed E-state index contributed by atoms with van der Waals surface area (Å²) in [5.74, 6) is 0.318. The van der Waals surface area contributed by atoms with Crippen LogP contribution in [0.4, 0.5) is 0 Å². The highest BCUT2D eigenvalue weighted by Gasteiger charge is 2.34. The van der Waals surface area contributed by atoms with Crippen molar-refractivity contribution in [1.29, 1.82) is 0 Å². The van der Waals surface area contributed by atoms with Gasteiger partial charge in [-0.3, -0.25) is 4.79 Å². The average molecular weight is 268 g/mol. The van der Waals surface area contributed by atoms with Crippen LogP contribution in [0.1, 0.15) is 64.2 Å². The monoisotopic (exact) mass is 268 g/mol. The van der Waals surface area contributed by atoms with Gasteiger partial charge in [-0.15, -0.1) is 0 Å². The fourth-order valence-corrected chi connectivity index (χ4v) is 3.36. The van der Waals surface area contributed by atoms with E-state index in [2.05, 4.69) is 5.32 Å². The summed E-state index contributed by atoms with van der Waals surface area (Å²) in [4.78, 5) is 12.3. The summed E-state index contributed by atoms with van der Waals surface area (Å²) in [5.41, 5.74) is 5.60. The third-order valence-electron chi connectivity index (χ3n) is 4.87. The van der Waals surface area contributed by atoms with Gasteiger partial charge in [-0.2, -0.15) is 0 Å². The van der Waals surface area contributed by atoms with E-state index in [-0.39, 0.29) is 18.4 Å². The minimum Gasteiger partial charge on any atom is -0.394 e. The second-order valence-corrected chi connectivity index (χ2v) is 6.49. The normalized spacial score (nSPS) is 33.7. The van der Waals surface area contributed by atoms with E-state index < -0.39 is 5.54 Å². The smallest absolute Gasteiger partial charge is 0.223 e. The Hall–Kier alpha value is -0.610. The molecule has 110 valence electrons. The van der Waals surface area contributed by atoms with Crippen molar-refractivity contribution in [3.05, 3.63) is 0 Å². The number of rotatable bonds is 3. The zero-order valence-electron chi connectivity index (χ0n) is 11.9. The van der Waals surface area contributed by atoms with Crippen molar-refractivity contribution in [3.8, 4) is 0 Å². The fraction of sp³-hybridized carbons (Fsp3) is 0.933. The van der Waals surface area contributed by atoms with Crippen molar-refractivity contribution in [2.45, 2.75) is 75.8 Å². The molecule has 0 bridgehead atoms. The van der Waals surface area contributed by atoms with E-state index in [1.165, 1.54) is 25.7 Å². The van der Waals surface area contributed by atoms with Crippen LogP contribution in [0.25, 0.3) is 0 Å². The molecule has 0 radical (unpaired) electrons. The molecule has 2 rings (SSSR count). The summed E-state index contributed by atoms with van der Waals surface area (Å²) in [5, 5.41) is 12.5. The summed E-state index contributed by atoms with van der Waals surface area (Å²) in [6.45, 7) is 0.0317. The molecule has 4 heteroatoms. The van der Waals surface area contributed by atoms with E-state index in [1.54, 1.807) is 0 Å². The first-order valence-electron chi connectivity index (χ1n) is 7.83. The topological polar surface area (TPSA) is 75.3 Å². The minimum atomic E-state index is -0.445. The van der Waals surface area contributed by atoms with Crippen LogP contribution in [0.3, 0.4) is 0 Å². The van der Waals surface area contributed by atoms with Crippen LogP contribution in [-0.4, -0.2) is 29.2 Å². The molecular weight excluding hydrogens is 240 g/mol. The minimum absolute atomic E-state index is 0.0317. The molecule has 4 nitrogen and oxygen atoms in total. The van der Waals surface area contributed by atoms with Crippen molar-refractivity contribution in [3.63, 3.8) is 0 Å². The van der Waals surface area contributed by atoms with Crippen molar-refractivity contribution in [2.75, 3.05) is 6.61 Å². The second kappa shape index (κ2) is 6.71. The molecule has 0 aromatic carbocycles. The number of nitrogens with one attached hydrogen (secondary N) is 1. The van der Waals surface area contributed by atoms with Crippen molar-refractivity contribution >= 4 is 5.91 Å². The predicted octanol–water partition coefficient (Wildman–Crippen LogP) is 1.71. The molecule has 4 N–H and O–H groups in total. The van der Waals surface area contributed by atoms with E-state index in [4.69, 9.17) is 5.73 Å². The molecule has 0 unspecified atom stereocenters. The maximum Gasteiger partial charge on any atom is 0.223 e. The van der Waals surface area contributed by atoms with Crippen LogP contribution in [0.15, 0.2) is 0 Å². The largest absolute Gasteiger partial charge is 0.394 e. The van der Waals surface area contributed by atoms with Gasteiger partial charge < -0.3 is 16.2 Å². The van der Waals surface area contributed by atoms with Crippen molar-refractivity contribution in [2.24, 2.45) is 11.7 Å². The molecule has 1 amide bonds. The molecular formula is C15H28N2O2. The van der Waals surface area contributed by atoms with Crippen LogP contribution in [0.5, 0.6) is 0 Å². The number of hydrogen-bond donors (Lipinski definition) is 3. The molecule has 19 heavy (non-hydrogen) atoms. The van der Waals surface area contributed by atoms with Crippen molar-refractivity contribution < 1.29 is 9.90 Å². The van der Waals surface area contributed by atoms with Gasteiger partial charge in [0.2, 0.25) is 5.91 Å². The van der Waals surface area contributed by atoms with Crippen LogP contribution in [-0.2, 0) is 4.79 Å². The van der Waals surface area contributed by atoms with Gasteiger partial charge in [-0.05, 0) is 38.5 Å². The average Bonchev–Trinajstić information content (AvgIpc) is 2.68. The lowest BCUT2D eigenvalue weighted by molar-refractivity contribution is -0.127. The third-order valence-corrected chi connectivity index (χ3v) is 4.87. The molecule has 0 spiro atoms. The molecule has 0 heterocycles. The Bertz CT molecular complexity index is 291. The second-order valence-electron chi connectivity index (χ2n) is 6.49. The molecule has 0 aromatic rings. The van der Waals surface area contributed by atoms with Crippen LogP contribution < -0.4 is 11.1 Å². The quantitative estimate of drug-likeness (QED) is 0.682. The first-order chi connectivity index (χ1) is 9.13. The molecule has 0 saturated heterocycles. The summed E-state index contributed by atoms with van der Waals surface area (Å²) < 4.78 is 0. The number of carbonyl (C=O) groups excluding carboxylic acids is 1. The lowest BCUT2D eigenvalue weighted by atomic mass is 9.77. The van der Waals surface area contributed by atoms with E-state index in [0.29, 0.717) is 6.04 Å². The number of aliphatic hydroxyl groups is 1. The molecule has 2 aliphatic rings. The van der Waals surface area contributed by atoms with Gasteiger partial charge >= 0.3 is 0 Å². The first kappa shape index (κ1) is 14.8. The Balaban J connectivity index is 1.77. The van der Waals surface area contributed by atoms with Crippen LogP contribution in [0, 0.1) is 5.92 Å². The first-order valence-corrected chi connectivity index (χ1v) is 7.83. The molecule has 0 aromatic heterocycles. The Labute approximate surface area is 116 Å². The molecule has 0 aliphatic heterocycles. The van der Waals surface area contributed by atoms with Gasteiger partial charge in [0.1, 0.15) is 0 Å². The zero-order valence-corrected chi connectivity index (χ0v) is 11.9. The maximum atomic E-state index is 12.3. The van der Waals surface area contributed by atoms with E-state index >= 15 is 0 Å². The van der Waals surface area contributed by atoms with Crippen LogP contribution >= 0.6 is 0 Å². The molecule has 2 aliphatic carbocycles. The highest BCUT2D eigenvalue weighted by atomic mass is 16.3. The highest BCUT2D eigenvalue weighted by molar-refractivity contribution is 5.79. The number of carbonyl (C=O) groups is 1. The summed E-state index contributed by atoms with van der Waals surface area (Å²) in [6, 6.07) is 0.386. The van der Waals surface area contributed by atoms with Gasteiger partial charge in [0.15, 0.2) is 0 Å². The van der Waals surface area contributed by atoms with Gasteiger partial charge in [-0.1, -0.05) is 25.7 Å². The number of amides is 1. The van der Waals surface area contributed by atoms with Gasteiger partial charge in [0.25, 0.3) is 0 Å². The lowest BCUT2D eigenvalue weighted by Gasteiger charge is -2.35. The number of nitrogens with two attached hydrogens (primary N) is 1. The Morgan fingerprint density at radius 1 is 1.11 bits per heavy atom. The zero-order chi connectivity index (χ0) is 13.7. The molecule has 2 saturated carbocycles. The molecule has 0 atom stereocenters. The van der Waals surface area contributed by atoms with Crippen molar-refractivity contribution in [1.82, 2.24) is 5.32 Å². The lowest BCUT2D eigenvalue weighted by Crippen LogP contribution is -2.49. The van der Waals surface area contributed by atoms with E-state index in [9.17, 15) is 9.90 Å². The van der Waals surface area contributed by atoms with E-state index in [1.807, 2.05) is 0 Å². The third kappa shape index (κ3) is 4.18. The Morgan fingerprint density at radius 2 is 1.68 bits per heavy atom. The van der Waals surface area contributed by atoms with Crippen LogP contribution in [0.2, 0.25) is 0 Å². The predicted molar refractivity (Wildman–Crippen MR) is 75.6 cm³/mol. The highest BCUT2D eigenvalue weighted by Crippen LogP contribution is 2.30. The maximum absolute atomic E-state index is 12.3. The Kier molecular flexibility index (Phi) is 5.22. The summed E-state index contributed by atoms with van der Waals surface area (Å²) in [7, 11) is 0. The SMILES string of the molecule is NC1(CO)CCC(C(=O)NC2CCCCCC2)CC1. The Morgan fingerprint density at radius 3 is 2.21 bits per heavy atom.